The largest absolute Gasteiger partial charge is 0.380 e. The summed E-state index contributed by atoms with van der Waals surface area (Å²) in [6, 6.07) is 10.8. The van der Waals surface area contributed by atoms with Crippen molar-refractivity contribution in [1.29, 1.82) is 0 Å². The summed E-state index contributed by atoms with van der Waals surface area (Å²) < 4.78 is 13.5. The van der Waals surface area contributed by atoms with Gasteiger partial charge in [-0.1, -0.05) is 35.5 Å². The molecule has 6 nitrogen and oxygen atoms in total. The zero-order chi connectivity index (χ0) is 16.4. The van der Waals surface area contributed by atoms with Crippen molar-refractivity contribution in [3.63, 3.8) is 0 Å². The fourth-order valence-electron chi connectivity index (χ4n) is 3.76. The first-order chi connectivity index (χ1) is 11.8. The third kappa shape index (κ3) is 3.22. The van der Waals surface area contributed by atoms with E-state index >= 15 is 0 Å². The van der Waals surface area contributed by atoms with Gasteiger partial charge in [-0.3, -0.25) is 9.58 Å². The molecule has 128 valence electrons. The third-order valence-electron chi connectivity index (χ3n) is 4.99. The molecule has 2 atom stereocenters. The number of hydrogen-bond acceptors (Lipinski definition) is 5. The van der Waals surface area contributed by atoms with Gasteiger partial charge in [0.15, 0.2) is 0 Å². The lowest BCUT2D eigenvalue weighted by Gasteiger charge is -2.35. The van der Waals surface area contributed by atoms with Gasteiger partial charge in [0.1, 0.15) is 5.69 Å². The van der Waals surface area contributed by atoms with Crippen LogP contribution in [0.5, 0.6) is 0 Å². The molecule has 0 amide bonds. The van der Waals surface area contributed by atoms with Crippen molar-refractivity contribution in [2.45, 2.75) is 31.5 Å². The van der Waals surface area contributed by atoms with Crippen molar-refractivity contribution < 1.29 is 9.47 Å². The van der Waals surface area contributed by atoms with E-state index in [1.54, 1.807) is 0 Å². The molecule has 0 radical (unpaired) electrons. The summed E-state index contributed by atoms with van der Waals surface area (Å²) in [4.78, 5) is 2.49. The lowest BCUT2D eigenvalue weighted by Crippen LogP contribution is -2.43. The maximum Gasteiger partial charge on any atom is 0.100 e. The van der Waals surface area contributed by atoms with Crippen molar-refractivity contribution in [3.8, 4) is 0 Å². The minimum absolute atomic E-state index is 0.304. The molecule has 2 aromatic rings. The van der Waals surface area contributed by atoms with E-state index < -0.39 is 0 Å². The molecule has 2 aliphatic rings. The van der Waals surface area contributed by atoms with E-state index in [-0.39, 0.29) is 0 Å². The van der Waals surface area contributed by atoms with Crippen LogP contribution >= 0.6 is 0 Å². The highest BCUT2D eigenvalue weighted by Gasteiger charge is 2.34. The number of rotatable bonds is 5. The standard InChI is InChI=1S/C18H24N4O2/c1-21-18-15(12-24-11-14-5-3-2-4-6-14)9-22(10-17(18)19-20-21)16-7-8-23-13-16/h2-6,15-16H,7-13H2,1H3. The van der Waals surface area contributed by atoms with Crippen LogP contribution in [-0.4, -0.2) is 52.3 Å². The summed E-state index contributed by atoms with van der Waals surface area (Å²) in [5.74, 6) is 0.304. The van der Waals surface area contributed by atoms with Gasteiger partial charge in [-0.2, -0.15) is 0 Å². The van der Waals surface area contributed by atoms with Crippen molar-refractivity contribution >= 4 is 0 Å². The predicted octanol–water partition coefficient (Wildman–Crippen LogP) is 1.72. The van der Waals surface area contributed by atoms with Gasteiger partial charge in [0, 0.05) is 38.7 Å². The fraction of sp³-hybridized carbons (Fsp3) is 0.556. The van der Waals surface area contributed by atoms with Crippen LogP contribution in [0.15, 0.2) is 30.3 Å². The molecule has 1 aromatic heterocycles. The zero-order valence-electron chi connectivity index (χ0n) is 14.1. The van der Waals surface area contributed by atoms with Crippen molar-refractivity contribution in [2.75, 3.05) is 26.4 Å². The van der Waals surface area contributed by atoms with E-state index in [9.17, 15) is 0 Å². The van der Waals surface area contributed by atoms with Gasteiger partial charge < -0.3 is 9.47 Å². The number of aryl methyl sites for hydroxylation is 1. The van der Waals surface area contributed by atoms with Crippen molar-refractivity contribution in [2.24, 2.45) is 7.05 Å². The van der Waals surface area contributed by atoms with Crippen molar-refractivity contribution in [3.05, 3.63) is 47.3 Å². The first kappa shape index (κ1) is 15.7. The molecule has 0 aliphatic carbocycles. The van der Waals surface area contributed by atoms with Crippen LogP contribution in [0.25, 0.3) is 0 Å². The van der Waals surface area contributed by atoms with Gasteiger partial charge in [0.25, 0.3) is 0 Å². The maximum atomic E-state index is 6.02. The summed E-state index contributed by atoms with van der Waals surface area (Å²) in [7, 11) is 1.98. The van der Waals surface area contributed by atoms with E-state index in [1.165, 1.54) is 11.3 Å². The highest BCUT2D eigenvalue weighted by atomic mass is 16.5. The Labute approximate surface area is 142 Å². The minimum atomic E-state index is 0.304. The summed E-state index contributed by atoms with van der Waals surface area (Å²) in [5.41, 5.74) is 3.51. The average Bonchev–Trinajstić information content (AvgIpc) is 3.26. The molecule has 1 fully saturated rings. The molecular weight excluding hydrogens is 304 g/mol. The topological polar surface area (TPSA) is 52.4 Å². The molecule has 2 aliphatic heterocycles. The quantitative estimate of drug-likeness (QED) is 0.836. The zero-order valence-corrected chi connectivity index (χ0v) is 14.1. The molecular formula is C18H24N4O2. The van der Waals surface area contributed by atoms with Gasteiger partial charge in [-0.05, 0) is 12.0 Å². The third-order valence-corrected chi connectivity index (χ3v) is 4.99. The molecule has 6 heteroatoms. The number of fused-ring (bicyclic) bond motifs is 1. The van der Waals surface area contributed by atoms with Gasteiger partial charge in [-0.25, -0.2) is 0 Å². The van der Waals surface area contributed by atoms with Gasteiger partial charge >= 0.3 is 0 Å². The molecule has 0 N–H and O–H groups in total. The second kappa shape index (κ2) is 7.01. The minimum Gasteiger partial charge on any atom is -0.380 e. The Hall–Kier alpha value is -1.76. The highest BCUT2D eigenvalue weighted by Crippen LogP contribution is 2.30. The summed E-state index contributed by atoms with van der Waals surface area (Å²) >= 11 is 0. The maximum absolute atomic E-state index is 6.02. The summed E-state index contributed by atoms with van der Waals surface area (Å²) in [5, 5.41) is 8.60. The van der Waals surface area contributed by atoms with Crippen LogP contribution in [0, 0.1) is 0 Å². The fourth-order valence-corrected chi connectivity index (χ4v) is 3.76. The molecule has 1 aromatic carbocycles. The highest BCUT2D eigenvalue weighted by molar-refractivity contribution is 5.20. The monoisotopic (exact) mass is 328 g/mol. The summed E-state index contributed by atoms with van der Waals surface area (Å²) in [6.45, 7) is 4.87. The molecule has 1 saturated heterocycles. The number of hydrogen-bond donors (Lipinski definition) is 0. The van der Waals surface area contributed by atoms with E-state index in [0.717, 1.165) is 38.4 Å². The van der Waals surface area contributed by atoms with Crippen molar-refractivity contribution in [1.82, 2.24) is 19.9 Å². The van der Waals surface area contributed by atoms with E-state index in [4.69, 9.17) is 9.47 Å². The molecule has 0 bridgehead atoms. The predicted molar refractivity (Wildman–Crippen MR) is 89.5 cm³/mol. The number of aromatic nitrogens is 3. The average molecular weight is 328 g/mol. The lowest BCUT2D eigenvalue weighted by atomic mass is 9.97. The van der Waals surface area contributed by atoms with Crippen LogP contribution < -0.4 is 0 Å². The summed E-state index contributed by atoms with van der Waals surface area (Å²) in [6.07, 6.45) is 1.10. The van der Waals surface area contributed by atoms with Crippen LogP contribution in [0.4, 0.5) is 0 Å². The van der Waals surface area contributed by atoms with Crippen LogP contribution in [0.2, 0.25) is 0 Å². The Balaban J connectivity index is 1.44. The first-order valence-electron chi connectivity index (χ1n) is 8.63. The molecule has 3 heterocycles. The number of benzene rings is 1. The number of ether oxygens (including phenoxy) is 2. The Kier molecular flexibility index (Phi) is 4.60. The molecule has 0 saturated carbocycles. The first-order valence-corrected chi connectivity index (χ1v) is 8.63. The molecule has 2 unspecified atom stereocenters. The lowest BCUT2D eigenvalue weighted by molar-refractivity contribution is 0.0686. The Morgan fingerprint density at radius 1 is 1.29 bits per heavy atom. The van der Waals surface area contributed by atoms with Crippen LogP contribution in [0.3, 0.4) is 0 Å². The van der Waals surface area contributed by atoms with E-state index in [2.05, 4.69) is 27.3 Å². The molecule has 0 spiro atoms. The second-order valence-electron chi connectivity index (χ2n) is 6.69. The SMILES string of the molecule is Cn1nnc2c1C(COCc1ccccc1)CN(C1CCOC1)C2. The van der Waals surface area contributed by atoms with Gasteiger partial charge in [0.05, 0.1) is 25.5 Å². The normalized spacial score (nSPS) is 24.2. The number of nitrogens with zero attached hydrogens (tertiary/aromatic N) is 4. The second-order valence-corrected chi connectivity index (χ2v) is 6.69. The molecule has 4 rings (SSSR count). The van der Waals surface area contributed by atoms with Crippen LogP contribution in [0.1, 0.15) is 29.3 Å². The van der Waals surface area contributed by atoms with E-state index in [1.807, 2.05) is 29.9 Å². The molecule has 24 heavy (non-hydrogen) atoms. The Morgan fingerprint density at radius 2 is 2.17 bits per heavy atom. The smallest absolute Gasteiger partial charge is 0.100 e. The van der Waals surface area contributed by atoms with Gasteiger partial charge in [0.2, 0.25) is 0 Å². The van der Waals surface area contributed by atoms with Crippen LogP contribution in [-0.2, 0) is 29.7 Å². The Bertz CT molecular complexity index is 667. The Morgan fingerprint density at radius 3 is 2.96 bits per heavy atom. The van der Waals surface area contributed by atoms with Gasteiger partial charge in [-0.15, -0.1) is 5.10 Å². The van der Waals surface area contributed by atoms with E-state index in [0.29, 0.717) is 25.2 Å².